The van der Waals surface area contributed by atoms with Crippen LogP contribution in [-0.2, 0) is 0 Å². The summed E-state index contributed by atoms with van der Waals surface area (Å²) >= 11 is 0. The fourth-order valence-electron chi connectivity index (χ4n) is 2.16. The van der Waals surface area contributed by atoms with Crippen molar-refractivity contribution in [1.29, 1.82) is 5.26 Å². The molecule has 0 aliphatic rings. The van der Waals surface area contributed by atoms with E-state index in [1.807, 2.05) is 32.0 Å². The Bertz CT molecular complexity index is 604. The first-order chi connectivity index (χ1) is 8.67. The average Bonchev–Trinajstić information content (AvgIpc) is 2.38. The number of aryl methyl sites for hydroxylation is 2. The van der Waals surface area contributed by atoms with E-state index in [2.05, 4.69) is 11.1 Å². The van der Waals surface area contributed by atoms with Crippen LogP contribution in [-0.4, -0.2) is 12.1 Å². The van der Waals surface area contributed by atoms with Gasteiger partial charge in [0.05, 0.1) is 12.7 Å². The summed E-state index contributed by atoms with van der Waals surface area (Å²) < 4.78 is 5.35. The molecule has 0 bridgehead atoms. The zero-order valence-electron chi connectivity index (χ0n) is 10.7. The van der Waals surface area contributed by atoms with E-state index in [-0.39, 0.29) is 0 Å². The highest BCUT2D eigenvalue weighted by atomic mass is 16.5. The van der Waals surface area contributed by atoms with Crippen LogP contribution in [0.25, 0.3) is 11.1 Å². The Labute approximate surface area is 107 Å². The third-order valence-corrected chi connectivity index (χ3v) is 2.92. The molecule has 0 unspecified atom stereocenters. The molecule has 1 aromatic heterocycles. The van der Waals surface area contributed by atoms with Crippen molar-refractivity contribution < 1.29 is 4.74 Å². The lowest BCUT2D eigenvalue weighted by Crippen LogP contribution is -1.93. The molecule has 0 spiro atoms. The van der Waals surface area contributed by atoms with E-state index in [1.54, 1.807) is 19.5 Å². The molecule has 0 saturated carbocycles. The molecular formula is C15H14N2O. The molecule has 0 atom stereocenters. The lowest BCUT2D eigenvalue weighted by atomic mass is 9.98. The van der Waals surface area contributed by atoms with E-state index in [0.29, 0.717) is 5.56 Å². The van der Waals surface area contributed by atoms with Gasteiger partial charge >= 0.3 is 0 Å². The Morgan fingerprint density at radius 2 is 1.89 bits per heavy atom. The van der Waals surface area contributed by atoms with Gasteiger partial charge in [-0.25, -0.2) is 0 Å². The summed E-state index contributed by atoms with van der Waals surface area (Å²) in [7, 11) is 1.67. The van der Waals surface area contributed by atoms with E-state index < -0.39 is 0 Å². The number of nitriles is 1. The summed E-state index contributed by atoms with van der Waals surface area (Å²) in [4.78, 5) is 3.97. The predicted molar refractivity (Wildman–Crippen MR) is 70.4 cm³/mol. The minimum atomic E-state index is 0.585. The molecule has 2 aromatic rings. The van der Waals surface area contributed by atoms with Crippen LogP contribution in [0, 0.1) is 25.2 Å². The summed E-state index contributed by atoms with van der Waals surface area (Å²) in [5, 5.41) is 9.10. The monoisotopic (exact) mass is 238 g/mol. The first-order valence-electron chi connectivity index (χ1n) is 5.67. The Kier molecular flexibility index (Phi) is 3.29. The fraction of sp³-hybridized carbons (Fsp3) is 0.200. The molecule has 0 aliphatic carbocycles. The van der Waals surface area contributed by atoms with Gasteiger partial charge < -0.3 is 4.74 Å². The number of rotatable bonds is 2. The van der Waals surface area contributed by atoms with E-state index in [9.17, 15) is 0 Å². The van der Waals surface area contributed by atoms with E-state index >= 15 is 0 Å². The maximum absolute atomic E-state index is 9.10. The standard InChI is InChI=1S/C15H14N2O/c1-10-6-12(7-11(2)15(10)18-3)14-4-5-17-9-13(14)8-16/h4-7,9H,1-3H3. The number of methoxy groups -OCH3 is 1. The number of ether oxygens (including phenoxy) is 1. The zero-order chi connectivity index (χ0) is 13.1. The molecule has 18 heavy (non-hydrogen) atoms. The van der Waals surface area contributed by atoms with Gasteiger partial charge in [-0.05, 0) is 48.7 Å². The van der Waals surface area contributed by atoms with Gasteiger partial charge in [0.25, 0.3) is 0 Å². The minimum Gasteiger partial charge on any atom is -0.496 e. The largest absolute Gasteiger partial charge is 0.496 e. The average molecular weight is 238 g/mol. The first kappa shape index (κ1) is 12.1. The van der Waals surface area contributed by atoms with Crippen LogP contribution < -0.4 is 4.74 Å². The lowest BCUT2D eigenvalue weighted by Gasteiger charge is -2.12. The van der Waals surface area contributed by atoms with Crippen LogP contribution in [0.1, 0.15) is 16.7 Å². The number of benzene rings is 1. The molecule has 3 nitrogen and oxygen atoms in total. The molecule has 1 aromatic carbocycles. The van der Waals surface area contributed by atoms with Crippen LogP contribution in [0.4, 0.5) is 0 Å². The summed E-state index contributed by atoms with van der Waals surface area (Å²) in [6, 6.07) is 8.09. The summed E-state index contributed by atoms with van der Waals surface area (Å²) in [6.45, 7) is 4.01. The second-order valence-corrected chi connectivity index (χ2v) is 4.18. The summed E-state index contributed by atoms with van der Waals surface area (Å²) in [6.07, 6.45) is 3.29. The molecule has 2 rings (SSSR count). The number of pyridine rings is 1. The fourth-order valence-corrected chi connectivity index (χ4v) is 2.16. The number of nitrogens with zero attached hydrogens (tertiary/aromatic N) is 2. The van der Waals surface area contributed by atoms with E-state index in [0.717, 1.165) is 28.0 Å². The van der Waals surface area contributed by atoms with Crippen molar-refractivity contribution in [3.8, 4) is 22.9 Å². The third kappa shape index (κ3) is 2.05. The lowest BCUT2D eigenvalue weighted by molar-refractivity contribution is 0.408. The maximum atomic E-state index is 9.10. The molecule has 0 radical (unpaired) electrons. The molecule has 0 N–H and O–H groups in total. The summed E-state index contributed by atoms with van der Waals surface area (Å²) in [5.41, 5.74) is 4.63. The van der Waals surface area contributed by atoms with E-state index in [1.165, 1.54) is 0 Å². The molecule has 1 heterocycles. The summed E-state index contributed by atoms with van der Waals surface area (Å²) in [5.74, 6) is 0.895. The normalized spacial score (nSPS) is 9.89. The molecule has 90 valence electrons. The van der Waals surface area contributed by atoms with Crippen molar-refractivity contribution in [3.05, 3.63) is 47.3 Å². The van der Waals surface area contributed by atoms with Crippen molar-refractivity contribution in [3.63, 3.8) is 0 Å². The second kappa shape index (κ2) is 4.89. The van der Waals surface area contributed by atoms with Crippen molar-refractivity contribution in [1.82, 2.24) is 4.98 Å². The zero-order valence-corrected chi connectivity index (χ0v) is 10.7. The van der Waals surface area contributed by atoms with Crippen LogP contribution in [0.15, 0.2) is 30.6 Å². The molecule has 0 fully saturated rings. The van der Waals surface area contributed by atoms with Gasteiger partial charge in [0.1, 0.15) is 11.8 Å². The van der Waals surface area contributed by atoms with Crippen LogP contribution >= 0.6 is 0 Å². The van der Waals surface area contributed by atoms with Crippen molar-refractivity contribution in [2.45, 2.75) is 13.8 Å². The quantitative estimate of drug-likeness (QED) is 0.806. The molecule has 0 saturated heterocycles. The highest BCUT2D eigenvalue weighted by Gasteiger charge is 2.09. The molecular weight excluding hydrogens is 224 g/mol. The van der Waals surface area contributed by atoms with Gasteiger partial charge in [0.15, 0.2) is 0 Å². The number of hydrogen-bond acceptors (Lipinski definition) is 3. The predicted octanol–water partition coefficient (Wildman–Crippen LogP) is 3.25. The van der Waals surface area contributed by atoms with Gasteiger partial charge in [-0.15, -0.1) is 0 Å². The van der Waals surface area contributed by atoms with Crippen LogP contribution in [0.3, 0.4) is 0 Å². The highest BCUT2D eigenvalue weighted by molar-refractivity contribution is 5.72. The first-order valence-corrected chi connectivity index (χ1v) is 5.67. The SMILES string of the molecule is COc1c(C)cc(-c2ccncc2C#N)cc1C. The Hall–Kier alpha value is -2.34. The Morgan fingerprint density at radius 3 is 2.44 bits per heavy atom. The van der Waals surface area contributed by atoms with Crippen molar-refractivity contribution >= 4 is 0 Å². The Balaban J connectivity index is 2.63. The molecule has 3 heteroatoms. The van der Waals surface area contributed by atoms with Crippen LogP contribution in [0.2, 0.25) is 0 Å². The third-order valence-electron chi connectivity index (χ3n) is 2.92. The smallest absolute Gasteiger partial charge is 0.124 e. The van der Waals surface area contributed by atoms with Gasteiger partial charge in [0.2, 0.25) is 0 Å². The minimum absolute atomic E-state index is 0.585. The molecule has 0 amide bonds. The highest BCUT2D eigenvalue weighted by Crippen LogP contribution is 2.31. The second-order valence-electron chi connectivity index (χ2n) is 4.18. The van der Waals surface area contributed by atoms with Crippen LogP contribution in [0.5, 0.6) is 5.75 Å². The van der Waals surface area contributed by atoms with Gasteiger partial charge in [0, 0.05) is 18.0 Å². The maximum Gasteiger partial charge on any atom is 0.124 e. The van der Waals surface area contributed by atoms with Crippen molar-refractivity contribution in [2.75, 3.05) is 7.11 Å². The number of aromatic nitrogens is 1. The van der Waals surface area contributed by atoms with Gasteiger partial charge in [-0.1, -0.05) is 0 Å². The van der Waals surface area contributed by atoms with Crippen molar-refractivity contribution in [2.24, 2.45) is 0 Å². The van der Waals surface area contributed by atoms with Gasteiger partial charge in [-0.2, -0.15) is 5.26 Å². The van der Waals surface area contributed by atoms with Gasteiger partial charge in [-0.3, -0.25) is 4.98 Å². The van der Waals surface area contributed by atoms with E-state index in [4.69, 9.17) is 10.00 Å². The number of hydrogen-bond donors (Lipinski definition) is 0. The molecule has 0 aliphatic heterocycles. The Morgan fingerprint density at radius 1 is 1.22 bits per heavy atom. The topological polar surface area (TPSA) is 45.9 Å².